The average molecular weight is 506 g/mol. The van der Waals surface area contributed by atoms with Crippen molar-refractivity contribution in [3.05, 3.63) is 108 Å². The summed E-state index contributed by atoms with van der Waals surface area (Å²) in [6.45, 7) is 0.874. The van der Waals surface area contributed by atoms with Crippen LogP contribution < -0.4 is 10.1 Å². The fourth-order valence-electron chi connectivity index (χ4n) is 3.74. The minimum Gasteiger partial charge on any atom is -0.497 e. The first-order valence-electron chi connectivity index (χ1n) is 11.5. The van der Waals surface area contributed by atoms with E-state index in [9.17, 15) is 4.79 Å². The van der Waals surface area contributed by atoms with E-state index in [0.717, 1.165) is 41.4 Å². The summed E-state index contributed by atoms with van der Waals surface area (Å²) in [7, 11) is 1.63. The Bertz CT molecular complexity index is 1190. The molecule has 0 saturated heterocycles. The Morgan fingerprint density at radius 2 is 1.74 bits per heavy atom. The van der Waals surface area contributed by atoms with E-state index < -0.39 is 0 Å². The molecule has 7 heteroatoms. The lowest BCUT2D eigenvalue weighted by Gasteiger charge is -2.18. The Morgan fingerprint density at radius 1 is 1.03 bits per heavy atom. The molecule has 0 bridgehead atoms. The first-order valence-corrected chi connectivity index (χ1v) is 12.7. The van der Waals surface area contributed by atoms with Crippen LogP contribution in [0.5, 0.6) is 5.75 Å². The van der Waals surface area contributed by atoms with Crippen LogP contribution in [0.15, 0.2) is 96.4 Å². The molecular weight excluding hydrogens is 478 g/mol. The third kappa shape index (κ3) is 7.91. The molecule has 4 aromatic rings. The van der Waals surface area contributed by atoms with Crippen LogP contribution in [0.2, 0.25) is 5.02 Å². The molecule has 1 unspecified atom stereocenters. The summed E-state index contributed by atoms with van der Waals surface area (Å²) in [4.78, 5) is 17.8. The smallest absolute Gasteiger partial charge is 0.228 e. The number of amides is 1. The fourth-order valence-corrected chi connectivity index (χ4v) is 5.03. The van der Waals surface area contributed by atoms with Gasteiger partial charge in [-0.05, 0) is 72.5 Å². The number of imidazole rings is 1. The molecule has 0 aliphatic heterocycles. The van der Waals surface area contributed by atoms with Gasteiger partial charge in [-0.2, -0.15) is 0 Å². The third-order valence-electron chi connectivity index (χ3n) is 5.61. The van der Waals surface area contributed by atoms with Crippen molar-refractivity contribution >= 4 is 35.0 Å². The molecule has 0 aliphatic rings. The maximum absolute atomic E-state index is 12.5. The summed E-state index contributed by atoms with van der Waals surface area (Å²) in [6.07, 6.45) is 7.98. The summed E-state index contributed by atoms with van der Waals surface area (Å²) >= 11 is 7.87. The molecule has 1 heterocycles. The number of halogens is 1. The van der Waals surface area contributed by atoms with Crippen LogP contribution in [0.3, 0.4) is 0 Å². The van der Waals surface area contributed by atoms with Crippen LogP contribution in [0.1, 0.15) is 17.5 Å². The number of carbonyl (C=O) groups excluding carboxylic acids is 1. The summed E-state index contributed by atoms with van der Waals surface area (Å²) in [5.41, 5.74) is 3.01. The Hall–Kier alpha value is -3.22. The summed E-state index contributed by atoms with van der Waals surface area (Å²) in [5.74, 6) is 0.735. The molecule has 180 valence electrons. The van der Waals surface area contributed by atoms with Crippen LogP contribution in [-0.2, 0) is 24.2 Å². The van der Waals surface area contributed by atoms with Gasteiger partial charge in [-0.1, -0.05) is 35.9 Å². The highest BCUT2D eigenvalue weighted by Crippen LogP contribution is 2.29. The number of hydrogen-bond donors (Lipinski definition) is 1. The highest BCUT2D eigenvalue weighted by molar-refractivity contribution is 8.00. The van der Waals surface area contributed by atoms with Gasteiger partial charge in [-0.25, -0.2) is 4.98 Å². The zero-order chi connectivity index (χ0) is 24.5. The SMILES string of the molecule is COc1ccc(CC(=O)Nc2ccc(SC(CCc3ccc(Cl)cc3)Cn3ccnc3)cc2)cc1. The monoisotopic (exact) mass is 505 g/mol. The number of ether oxygens (including phenoxy) is 1. The average Bonchev–Trinajstić information content (AvgIpc) is 3.38. The van der Waals surface area contributed by atoms with Crippen molar-refractivity contribution in [1.82, 2.24) is 9.55 Å². The van der Waals surface area contributed by atoms with Crippen LogP contribution in [0, 0.1) is 0 Å². The van der Waals surface area contributed by atoms with Crippen molar-refractivity contribution < 1.29 is 9.53 Å². The lowest BCUT2D eigenvalue weighted by molar-refractivity contribution is -0.115. The number of thioether (sulfide) groups is 1. The lowest BCUT2D eigenvalue weighted by Crippen LogP contribution is -2.14. The number of nitrogens with one attached hydrogen (secondary N) is 1. The number of benzene rings is 3. The summed E-state index contributed by atoms with van der Waals surface area (Å²) in [5, 5.41) is 4.11. The van der Waals surface area contributed by atoms with Crippen molar-refractivity contribution in [2.24, 2.45) is 0 Å². The molecular formula is C28H28ClN3O2S. The number of methoxy groups -OCH3 is 1. The number of carbonyl (C=O) groups is 1. The first-order chi connectivity index (χ1) is 17.1. The second kappa shape index (κ2) is 12.5. The Balaban J connectivity index is 1.34. The van der Waals surface area contributed by atoms with E-state index in [0.29, 0.717) is 11.7 Å². The Morgan fingerprint density at radius 3 is 2.40 bits per heavy atom. The third-order valence-corrected chi connectivity index (χ3v) is 7.12. The van der Waals surface area contributed by atoms with Crippen LogP contribution in [0.25, 0.3) is 0 Å². The van der Waals surface area contributed by atoms with E-state index >= 15 is 0 Å². The van der Waals surface area contributed by atoms with Gasteiger partial charge in [0, 0.05) is 39.8 Å². The van der Waals surface area contributed by atoms with Crippen LogP contribution in [0.4, 0.5) is 5.69 Å². The number of anilines is 1. The minimum absolute atomic E-state index is 0.0449. The van der Waals surface area contributed by atoms with Gasteiger partial charge in [0.05, 0.1) is 19.9 Å². The van der Waals surface area contributed by atoms with Crippen molar-refractivity contribution in [1.29, 1.82) is 0 Å². The Labute approximate surface area is 215 Å². The molecule has 0 aliphatic carbocycles. The largest absolute Gasteiger partial charge is 0.497 e. The van der Waals surface area contributed by atoms with Gasteiger partial charge in [0.25, 0.3) is 0 Å². The van der Waals surface area contributed by atoms with Crippen molar-refractivity contribution in [3.8, 4) is 5.75 Å². The number of hydrogen-bond acceptors (Lipinski definition) is 4. The molecule has 1 amide bonds. The van der Waals surface area contributed by atoms with Gasteiger partial charge >= 0.3 is 0 Å². The van der Waals surface area contributed by atoms with Crippen LogP contribution in [-0.4, -0.2) is 27.8 Å². The number of rotatable bonds is 11. The highest BCUT2D eigenvalue weighted by atomic mass is 35.5. The molecule has 4 rings (SSSR count). The van der Waals surface area contributed by atoms with Gasteiger partial charge in [0.2, 0.25) is 5.91 Å². The predicted octanol–water partition coefficient (Wildman–Crippen LogP) is 6.52. The van der Waals surface area contributed by atoms with E-state index in [1.165, 1.54) is 10.5 Å². The molecule has 0 spiro atoms. The number of aryl methyl sites for hydroxylation is 1. The quantitative estimate of drug-likeness (QED) is 0.236. The number of aromatic nitrogens is 2. The van der Waals surface area contributed by atoms with E-state index in [2.05, 4.69) is 39.1 Å². The molecule has 5 nitrogen and oxygen atoms in total. The minimum atomic E-state index is -0.0449. The second-order valence-corrected chi connectivity index (χ2v) is 10.1. The highest BCUT2D eigenvalue weighted by Gasteiger charge is 2.13. The van der Waals surface area contributed by atoms with Crippen molar-refractivity contribution in [3.63, 3.8) is 0 Å². The number of nitrogens with zero attached hydrogens (tertiary/aromatic N) is 2. The van der Waals surface area contributed by atoms with Gasteiger partial charge in [0.1, 0.15) is 5.75 Å². The normalized spacial score (nSPS) is 11.7. The molecule has 1 aromatic heterocycles. The van der Waals surface area contributed by atoms with Gasteiger partial charge in [0.15, 0.2) is 0 Å². The standard InChI is InChI=1S/C28H28ClN3O2S/c1-34-25-11-4-22(5-12-25)18-28(33)31-24-9-14-26(15-10-24)35-27(19-32-17-16-30-20-32)13-6-21-2-7-23(29)8-3-21/h2-5,7-12,14-17,20,27H,6,13,18-19H2,1H3,(H,31,33). The molecule has 0 fully saturated rings. The van der Waals surface area contributed by atoms with E-state index in [1.807, 2.05) is 79.0 Å². The molecule has 1 N–H and O–H groups in total. The van der Waals surface area contributed by atoms with Crippen molar-refractivity contribution in [2.75, 3.05) is 12.4 Å². The molecule has 35 heavy (non-hydrogen) atoms. The predicted molar refractivity (Wildman–Crippen MR) is 143 cm³/mol. The fraction of sp³-hybridized carbons (Fsp3) is 0.214. The molecule has 0 radical (unpaired) electrons. The summed E-state index contributed by atoms with van der Waals surface area (Å²) in [6, 6.07) is 23.6. The second-order valence-electron chi connectivity index (χ2n) is 8.26. The zero-order valence-corrected chi connectivity index (χ0v) is 21.1. The zero-order valence-electron chi connectivity index (χ0n) is 19.6. The molecule has 0 saturated carbocycles. The van der Waals surface area contributed by atoms with Crippen LogP contribution >= 0.6 is 23.4 Å². The maximum atomic E-state index is 12.5. The van der Waals surface area contributed by atoms with E-state index in [4.69, 9.17) is 16.3 Å². The van der Waals surface area contributed by atoms with Gasteiger partial charge in [-0.3, -0.25) is 4.79 Å². The van der Waals surface area contributed by atoms with Gasteiger partial charge in [-0.15, -0.1) is 11.8 Å². The summed E-state index contributed by atoms with van der Waals surface area (Å²) < 4.78 is 7.29. The van der Waals surface area contributed by atoms with E-state index in [1.54, 1.807) is 7.11 Å². The van der Waals surface area contributed by atoms with Gasteiger partial charge < -0.3 is 14.6 Å². The van der Waals surface area contributed by atoms with Crippen molar-refractivity contribution in [2.45, 2.75) is 36.0 Å². The van der Waals surface area contributed by atoms with E-state index in [-0.39, 0.29) is 5.91 Å². The first kappa shape index (κ1) is 24.9. The molecule has 3 aromatic carbocycles. The Kier molecular flexibility index (Phi) is 8.87. The topological polar surface area (TPSA) is 56.1 Å². The maximum Gasteiger partial charge on any atom is 0.228 e. The molecule has 1 atom stereocenters. The lowest BCUT2D eigenvalue weighted by atomic mass is 10.1.